The summed E-state index contributed by atoms with van der Waals surface area (Å²) >= 11 is 0. The summed E-state index contributed by atoms with van der Waals surface area (Å²) in [4.78, 5) is 41.7. The number of amides is 2. The SMILES string of the molecule is C=C[C@@H]1C[C@]1(CC(=O)[C@@H]1[C@H](C)[C@@](C)(OC)CN1C(=O)[C@@H](NC)C(C)(C)C)C(=O)NS(C)(=O)=O. The zero-order valence-corrected chi connectivity index (χ0v) is 21.8. The van der Waals surface area contributed by atoms with Crippen LogP contribution in [0.4, 0.5) is 0 Å². The molecular formula is C23H39N3O6S. The van der Waals surface area contributed by atoms with Crippen molar-refractivity contribution in [3.63, 3.8) is 0 Å². The van der Waals surface area contributed by atoms with Crippen LogP contribution < -0.4 is 10.0 Å². The number of ketones is 1. The molecule has 0 aromatic heterocycles. The van der Waals surface area contributed by atoms with E-state index in [9.17, 15) is 22.8 Å². The molecule has 1 saturated carbocycles. The lowest BCUT2D eigenvalue weighted by Crippen LogP contribution is -2.55. The van der Waals surface area contributed by atoms with Gasteiger partial charge in [-0.2, -0.15) is 0 Å². The van der Waals surface area contributed by atoms with Crippen LogP contribution in [-0.4, -0.2) is 75.6 Å². The quantitative estimate of drug-likeness (QED) is 0.469. The summed E-state index contributed by atoms with van der Waals surface area (Å²) in [5.74, 6) is -1.83. The van der Waals surface area contributed by atoms with E-state index in [1.54, 1.807) is 25.1 Å². The molecule has 2 amide bonds. The Hall–Kier alpha value is -1.78. The van der Waals surface area contributed by atoms with Gasteiger partial charge < -0.3 is 15.0 Å². The van der Waals surface area contributed by atoms with Crippen LogP contribution in [-0.2, 0) is 29.1 Å². The number of carbonyl (C=O) groups excluding carboxylic acids is 3. The van der Waals surface area contributed by atoms with Crippen LogP contribution in [0.2, 0.25) is 0 Å². The van der Waals surface area contributed by atoms with Crippen LogP contribution in [0.1, 0.15) is 47.5 Å². The van der Waals surface area contributed by atoms with Gasteiger partial charge in [-0.3, -0.25) is 19.1 Å². The molecule has 0 aromatic rings. The molecule has 1 aliphatic heterocycles. The Bertz CT molecular complexity index is 927. The third kappa shape index (κ3) is 5.33. The maximum absolute atomic E-state index is 13.7. The van der Waals surface area contributed by atoms with Gasteiger partial charge in [0, 0.05) is 19.4 Å². The minimum Gasteiger partial charge on any atom is -0.376 e. The number of likely N-dealkylation sites (tertiary alicyclic amines) is 1. The molecule has 10 heteroatoms. The number of hydrogen-bond donors (Lipinski definition) is 2. The van der Waals surface area contributed by atoms with E-state index in [0.29, 0.717) is 6.42 Å². The van der Waals surface area contributed by atoms with Gasteiger partial charge in [0.05, 0.1) is 35.9 Å². The molecule has 0 spiro atoms. The molecule has 1 saturated heterocycles. The number of rotatable bonds is 9. The standard InChI is InChI=1S/C23H39N3O6S/c1-10-15-11-23(15,20(29)25-33(9,30)31)12-16(27)17-14(2)22(6,32-8)13-26(17)19(28)18(24-7)21(3,4)5/h10,14-15,17-18,24H,1,11-13H2,2-9H3,(H,25,29)/t14-,15+,17-,18+,22-,23+/m0/s1. The Kier molecular flexibility index (Phi) is 7.58. The lowest BCUT2D eigenvalue weighted by Gasteiger charge is -2.35. The number of allylic oxidation sites excluding steroid dienone is 1. The first kappa shape index (κ1) is 27.5. The van der Waals surface area contributed by atoms with Crippen LogP contribution >= 0.6 is 0 Å². The third-order valence-corrected chi connectivity index (χ3v) is 7.93. The Morgan fingerprint density at radius 2 is 1.88 bits per heavy atom. The number of ether oxygens (including phenoxy) is 1. The molecule has 0 aromatic carbocycles. The Morgan fingerprint density at radius 3 is 2.27 bits per heavy atom. The van der Waals surface area contributed by atoms with Gasteiger partial charge in [0.25, 0.3) is 0 Å². The maximum Gasteiger partial charge on any atom is 0.240 e. The highest BCUT2D eigenvalue weighted by atomic mass is 32.2. The highest BCUT2D eigenvalue weighted by molar-refractivity contribution is 7.89. The summed E-state index contributed by atoms with van der Waals surface area (Å²) in [6.07, 6.45) is 2.64. The highest BCUT2D eigenvalue weighted by Crippen LogP contribution is 2.57. The fourth-order valence-electron chi connectivity index (χ4n) is 5.07. The summed E-state index contributed by atoms with van der Waals surface area (Å²) in [7, 11) is -0.511. The molecule has 2 fully saturated rings. The second-order valence-electron chi connectivity index (χ2n) is 10.9. The molecule has 2 aliphatic rings. The fourth-order valence-corrected chi connectivity index (χ4v) is 5.61. The number of nitrogens with zero attached hydrogens (tertiary/aromatic N) is 1. The topological polar surface area (TPSA) is 122 Å². The average molecular weight is 486 g/mol. The average Bonchev–Trinajstić information content (AvgIpc) is 3.32. The van der Waals surface area contributed by atoms with Crippen LogP contribution in [0, 0.1) is 22.7 Å². The molecular weight excluding hydrogens is 446 g/mol. The van der Waals surface area contributed by atoms with Crippen molar-refractivity contribution in [2.75, 3.05) is 27.0 Å². The van der Waals surface area contributed by atoms with Crippen LogP contribution in [0.25, 0.3) is 0 Å². The van der Waals surface area contributed by atoms with Gasteiger partial charge in [-0.25, -0.2) is 8.42 Å². The van der Waals surface area contributed by atoms with Crippen molar-refractivity contribution in [3.8, 4) is 0 Å². The molecule has 0 bridgehead atoms. The molecule has 188 valence electrons. The summed E-state index contributed by atoms with van der Waals surface area (Å²) < 4.78 is 31.1. The third-order valence-electron chi connectivity index (χ3n) is 7.38. The largest absolute Gasteiger partial charge is 0.376 e. The number of hydrogen-bond acceptors (Lipinski definition) is 7. The van der Waals surface area contributed by atoms with Crippen molar-refractivity contribution in [1.29, 1.82) is 0 Å². The fraction of sp³-hybridized carbons (Fsp3) is 0.783. The van der Waals surface area contributed by atoms with Crippen LogP contribution in [0.5, 0.6) is 0 Å². The van der Waals surface area contributed by atoms with Crippen molar-refractivity contribution in [3.05, 3.63) is 12.7 Å². The van der Waals surface area contributed by atoms with E-state index < -0.39 is 44.4 Å². The van der Waals surface area contributed by atoms with Gasteiger partial charge in [-0.1, -0.05) is 33.8 Å². The van der Waals surface area contributed by atoms with Crippen molar-refractivity contribution in [2.24, 2.45) is 22.7 Å². The molecule has 33 heavy (non-hydrogen) atoms. The van der Waals surface area contributed by atoms with Crippen molar-refractivity contribution < 1.29 is 27.5 Å². The van der Waals surface area contributed by atoms with Crippen molar-refractivity contribution in [1.82, 2.24) is 14.9 Å². The second kappa shape index (κ2) is 9.11. The minimum absolute atomic E-state index is 0.177. The molecule has 0 radical (unpaired) electrons. The first-order valence-corrected chi connectivity index (χ1v) is 13.1. The lowest BCUT2D eigenvalue weighted by molar-refractivity contribution is -0.143. The van der Waals surface area contributed by atoms with E-state index >= 15 is 0 Å². The van der Waals surface area contributed by atoms with Gasteiger partial charge in [-0.15, -0.1) is 6.58 Å². The zero-order chi connectivity index (χ0) is 25.6. The van der Waals surface area contributed by atoms with Crippen LogP contribution in [0.15, 0.2) is 12.7 Å². The van der Waals surface area contributed by atoms with Gasteiger partial charge in [0.1, 0.15) is 0 Å². The number of nitrogens with one attached hydrogen (secondary N) is 2. The summed E-state index contributed by atoms with van der Waals surface area (Å²) in [5, 5.41) is 3.07. The molecule has 6 atom stereocenters. The Balaban J connectivity index is 2.41. The normalized spacial score (nSPS) is 32.8. The molecule has 9 nitrogen and oxygen atoms in total. The van der Waals surface area contributed by atoms with E-state index in [-0.39, 0.29) is 36.5 Å². The first-order valence-electron chi connectivity index (χ1n) is 11.2. The molecule has 0 unspecified atom stereocenters. The van der Waals surface area contributed by atoms with Gasteiger partial charge >= 0.3 is 0 Å². The summed E-state index contributed by atoms with van der Waals surface area (Å²) in [5.41, 5.74) is -2.31. The highest BCUT2D eigenvalue weighted by Gasteiger charge is 2.62. The smallest absolute Gasteiger partial charge is 0.240 e. The van der Waals surface area contributed by atoms with Gasteiger partial charge in [0.2, 0.25) is 21.8 Å². The lowest BCUT2D eigenvalue weighted by atomic mass is 9.83. The molecule has 1 heterocycles. The summed E-state index contributed by atoms with van der Waals surface area (Å²) in [6, 6.07) is -1.32. The molecule has 2 rings (SSSR count). The molecule has 1 aliphatic carbocycles. The van der Waals surface area contributed by atoms with Gasteiger partial charge in [0.15, 0.2) is 5.78 Å². The summed E-state index contributed by atoms with van der Waals surface area (Å²) in [6.45, 7) is 13.5. The van der Waals surface area contributed by atoms with E-state index in [2.05, 4.69) is 11.9 Å². The number of carbonyl (C=O) groups is 3. The monoisotopic (exact) mass is 485 g/mol. The first-order chi connectivity index (χ1) is 15.0. The predicted molar refractivity (Wildman–Crippen MR) is 126 cm³/mol. The maximum atomic E-state index is 13.7. The number of likely N-dealkylation sites (N-methyl/N-ethyl adjacent to an activating group) is 1. The number of methoxy groups -OCH3 is 1. The van der Waals surface area contributed by atoms with Crippen LogP contribution in [0.3, 0.4) is 0 Å². The second-order valence-corrected chi connectivity index (χ2v) is 12.6. The Labute approximate surface area is 197 Å². The predicted octanol–water partition coefficient (Wildman–Crippen LogP) is 1.10. The van der Waals surface area contributed by atoms with Gasteiger partial charge in [-0.05, 0) is 31.7 Å². The van der Waals surface area contributed by atoms with E-state index in [1.807, 2.05) is 39.3 Å². The zero-order valence-electron chi connectivity index (χ0n) is 21.0. The van der Waals surface area contributed by atoms with E-state index in [1.165, 1.54) is 0 Å². The van der Waals surface area contributed by atoms with E-state index in [4.69, 9.17) is 4.74 Å². The molecule has 2 N–H and O–H groups in total. The Morgan fingerprint density at radius 1 is 1.30 bits per heavy atom. The minimum atomic E-state index is -3.78. The number of sulfonamides is 1. The number of Topliss-reactive ketones (excluding diaryl/α,β-unsaturated/α-hetero) is 1. The van der Waals surface area contributed by atoms with E-state index in [0.717, 1.165) is 6.26 Å². The van der Waals surface area contributed by atoms with Crippen molar-refractivity contribution in [2.45, 2.75) is 65.1 Å². The van der Waals surface area contributed by atoms with Crippen molar-refractivity contribution >= 4 is 27.6 Å².